The molecule has 0 N–H and O–H groups in total. The molecule has 0 aliphatic heterocycles. The van der Waals surface area contributed by atoms with Gasteiger partial charge in [-0.2, -0.15) is 8.78 Å². The second kappa shape index (κ2) is 9.56. The molecule has 0 radical (unpaired) electrons. The van der Waals surface area contributed by atoms with Gasteiger partial charge in [-0.1, -0.05) is 88.4 Å². The summed E-state index contributed by atoms with van der Waals surface area (Å²) in [6.45, 7) is 1.75. The molecule has 1 unspecified atom stereocenters. The number of halogens is 3. The Morgan fingerprint density at radius 3 is 2.31 bits per heavy atom. The van der Waals surface area contributed by atoms with Gasteiger partial charge in [-0.05, 0) is 52.8 Å². The van der Waals surface area contributed by atoms with Crippen LogP contribution >= 0.6 is 0 Å². The maximum Gasteiger partial charge on any atom is 0.387 e. The number of rotatable bonds is 7. The van der Waals surface area contributed by atoms with E-state index >= 15 is 4.39 Å². The molecule has 0 amide bonds. The molecular formula is C28H31F3O. The number of ether oxygens (including phenoxy) is 1. The van der Waals surface area contributed by atoms with Crippen LogP contribution in [0.4, 0.5) is 13.2 Å². The summed E-state index contributed by atoms with van der Waals surface area (Å²) in [5.74, 6) is 0.382. The maximum absolute atomic E-state index is 15.5. The topological polar surface area (TPSA) is 9.23 Å². The van der Waals surface area contributed by atoms with E-state index in [1.807, 2.05) is 12.1 Å². The molecule has 4 rings (SSSR count). The normalized spacial score (nSPS) is 16.9. The van der Waals surface area contributed by atoms with E-state index in [9.17, 15) is 8.78 Å². The highest BCUT2D eigenvalue weighted by atomic mass is 19.3. The highest BCUT2D eigenvalue weighted by Crippen LogP contribution is 2.47. The van der Waals surface area contributed by atoms with Crippen molar-refractivity contribution in [2.45, 2.75) is 70.8 Å². The van der Waals surface area contributed by atoms with Gasteiger partial charge < -0.3 is 4.74 Å². The summed E-state index contributed by atoms with van der Waals surface area (Å²) >= 11 is 0. The molecule has 1 atom stereocenters. The Hall–Kier alpha value is -2.49. The number of hydrogen-bond donors (Lipinski definition) is 0. The van der Waals surface area contributed by atoms with Crippen LogP contribution in [0.1, 0.15) is 64.4 Å². The summed E-state index contributed by atoms with van der Waals surface area (Å²) in [4.78, 5) is 0. The van der Waals surface area contributed by atoms with E-state index in [-0.39, 0.29) is 17.0 Å². The van der Waals surface area contributed by atoms with Gasteiger partial charge in [0.15, 0.2) is 0 Å². The van der Waals surface area contributed by atoms with Crippen molar-refractivity contribution in [3.8, 4) is 16.9 Å². The summed E-state index contributed by atoms with van der Waals surface area (Å²) in [5, 5.41) is 1.50. The van der Waals surface area contributed by atoms with Crippen molar-refractivity contribution in [1.29, 1.82) is 0 Å². The van der Waals surface area contributed by atoms with Gasteiger partial charge in [-0.3, -0.25) is 0 Å². The Morgan fingerprint density at radius 2 is 1.66 bits per heavy atom. The summed E-state index contributed by atoms with van der Waals surface area (Å²) < 4.78 is 44.6. The van der Waals surface area contributed by atoms with Gasteiger partial charge in [-0.25, -0.2) is 4.39 Å². The van der Waals surface area contributed by atoms with Crippen LogP contribution in [-0.4, -0.2) is 6.61 Å². The predicted octanol–water partition coefficient (Wildman–Crippen LogP) is 8.89. The Balaban J connectivity index is 1.70. The van der Waals surface area contributed by atoms with E-state index in [4.69, 9.17) is 0 Å². The second-order valence-electron chi connectivity index (χ2n) is 9.17. The van der Waals surface area contributed by atoms with Crippen LogP contribution in [0.15, 0.2) is 54.6 Å². The third-order valence-corrected chi connectivity index (χ3v) is 7.33. The number of fused-ring (bicyclic) bond motifs is 1. The fraction of sp³-hybridized carbons (Fsp3) is 0.429. The highest BCUT2D eigenvalue weighted by molar-refractivity contribution is 5.89. The van der Waals surface area contributed by atoms with E-state index in [0.717, 1.165) is 5.39 Å². The molecule has 3 aromatic rings. The van der Waals surface area contributed by atoms with Gasteiger partial charge in [-0.15, -0.1) is 0 Å². The van der Waals surface area contributed by atoms with Gasteiger partial charge in [0.2, 0.25) is 0 Å². The zero-order chi connectivity index (χ0) is 22.7. The van der Waals surface area contributed by atoms with E-state index < -0.39 is 6.61 Å². The molecule has 1 aliphatic carbocycles. The zero-order valence-corrected chi connectivity index (χ0v) is 18.8. The van der Waals surface area contributed by atoms with Crippen molar-refractivity contribution < 1.29 is 17.9 Å². The summed E-state index contributed by atoms with van der Waals surface area (Å²) in [7, 11) is 0. The summed E-state index contributed by atoms with van der Waals surface area (Å²) in [6.07, 6.45) is 8.59. The highest BCUT2D eigenvalue weighted by Gasteiger charge is 2.38. The Kier molecular flexibility index (Phi) is 6.78. The lowest BCUT2D eigenvalue weighted by Gasteiger charge is -2.43. The van der Waals surface area contributed by atoms with Gasteiger partial charge in [0.1, 0.15) is 11.6 Å². The van der Waals surface area contributed by atoms with E-state index in [0.29, 0.717) is 22.4 Å². The van der Waals surface area contributed by atoms with Crippen molar-refractivity contribution in [2.24, 2.45) is 5.92 Å². The smallest absolute Gasteiger partial charge is 0.387 e. The quantitative estimate of drug-likeness (QED) is 0.356. The van der Waals surface area contributed by atoms with Crippen LogP contribution < -0.4 is 4.74 Å². The lowest BCUT2D eigenvalue weighted by molar-refractivity contribution is -0.0498. The molecule has 1 nitrogen and oxygen atoms in total. The number of benzene rings is 3. The minimum atomic E-state index is -2.88. The third kappa shape index (κ3) is 4.37. The minimum Gasteiger partial charge on any atom is -0.435 e. The van der Waals surface area contributed by atoms with E-state index in [1.54, 1.807) is 18.2 Å². The van der Waals surface area contributed by atoms with Crippen LogP contribution in [0.25, 0.3) is 21.9 Å². The van der Waals surface area contributed by atoms with Gasteiger partial charge in [0, 0.05) is 10.9 Å². The molecular weight excluding hydrogens is 409 g/mol. The fourth-order valence-electron chi connectivity index (χ4n) is 5.60. The maximum atomic E-state index is 15.5. The largest absolute Gasteiger partial charge is 0.435 e. The lowest BCUT2D eigenvalue weighted by atomic mass is 9.61. The van der Waals surface area contributed by atoms with Crippen LogP contribution in [0, 0.1) is 11.7 Å². The first kappa shape index (κ1) is 22.7. The molecule has 1 fully saturated rings. The van der Waals surface area contributed by atoms with Crippen LogP contribution in [0.3, 0.4) is 0 Å². The van der Waals surface area contributed by atoms with E-state index in [1.165, 1.54) is 62.6 Å². The Morgan fingerprint density at radius 1 is 0.938 bits per heavy atom. The lowest BCUT2D eigenvalue weighted by Crippen LogP contribution is -2.36. The first-order valence-corrected chi connectivity index (χ1v) is 11.7. The molecule has 1 saturated carbocycles. The first-order valence-electron chi connectivity index (χ1n) is 11.7. The van der Waals surface area contributed by atoms with Crippen molar-refractivity contribution >= 4 is 10.8 Å². The first-order chi connectivity index (χ1) is 15.4. The average molecular weight is 441 g/mol. The molecule has 0 spiro atoms. The SMILES string of the molecule is CCCC(C)C1(c2ccc3c(F)c(-c4ccc(OC(F)F)cc4)ccc3c2)CCCCC1. The molecule has 170 valence electrons. The van der Waals surface area contributed by atoms with Crippen molar-refractivity contribution in [1.82, 2.24) is 0 Å². The molecule has 0 heterocycles. The van der Waals surface area contributed by atoms with Crippen molar-refractivity contribution in [3.05, 3.63) is 66.0 Å². The standard InChI is InChI=1S/C28H31F3O/c1-3-7-19(2)28(16-5-4-6-17-28)22-11-15-25-21(18-22)10-14-24(26(25)29)20-8-12-23(13-9-20)32-27(30)31/h8-15,18-19,27H,3-7,16-17H2,1-2H3. The molecule has 0 aromatic heterocycles. The zero-order valence-electron chi connectivity index (χ0n) is 18.8. The van der Waals surface area contributed by atoms with Gasteiger partial charge in [0.25, 0.3) is 0 Å². The van der Waals surface area contributed by atoms with Crippen LogP contribution in [-0.2, 0) is 5.41 Å². The molecule has 1 aliphatic rings. The second-order valence-corrected chi connectivity index (χ2v) is 9.17. The van der Waals surface area contributed by atoms with Crippen molar-refractivity contribution in [2.75, 3.05) is 0 Å². The monoisotopic (exact) mass is 440 g/mol. The Bertz CT molecular complexity index is 1050. The molecule has 32 heavy (non-hydrogen) atoms. The molecule has 4 heteroatoms. The molecule has 0 bridgehead atoms. The number of hydrogen-bond acceptors (Lipinski definition) is 1. The van der Waals surface area contributed by atoms with E-state index in [2.05, 4.69) is 30.7 Å². The summed E-state index contributed by atoms with van der Waals surface area (Å²) in [5.41, 5.74) is 2.61. The van der Waals surface area contributed by atoms with Crippen LogP contribution in [0.2, 0.25) is 0 Å². The third-order valence-electron chi connectivity index (χ3n) is 7.33. The fourth-order valence-corrected chi connectivity index (χ4v) is 5.60. The minimum absolute atomic E-state index is 0.0635. The average Bonchev–Trinajstić information content (AvgIpc) is 2.80. The summed E-state index contributed by atoms with van der Waals surface area (Å²) in [6, 6.07) is 16.1. The van der Waals surface area contributed by atoms with Gasteiger partial charge in [0.05, 0.1) is 0 Å². The van der Waals surface area contributed by atoms with Gasteiger partial charge >= 0.3 is 6.61 Å². The van der Waals surface area contributed by atoms with Crippen molar-refractivity contribution in [3.63, 3.8) is 0 Å². The molecule has 0 saturated heterocycles. The van der Waals surface area contributed by atoms with Crippen LogP contribution in [0.5, 0.6) is 5.75 Å². The predicted molar refractivity (Wildman–Crippen MR) is 125 cm³/mol. The Labute approximate surface area is 188 Å². The molecule has 3 aromatic carbocycles. The number of alkyl halides is 2.